The molecule has 0 aliphatic carbocycles. The Kier molecular flexibility index (Phi) is 11.1. The van der Waals surface area contributed by atoms with Gasteiger partial charge in [-0.3, -0.25) is 9.59 Å². The lowest BCUT2D eigenvalue weighted by Gasteiger charge is -2.51. The summed E-state index contributed by atoms with van der Waals surface area (Å²) in [5, 5.41) is 3.88. The minimum absolute atomic E-state index is 0.00205. The molecule has 46 heavy (non-hydrogen) atoms. The summed E-state index contributed by atoms with van der Waals surface area (Å²) in [5.74, 6) is 1.33. The molecular weight excluding hydrogens is 598 g/mol. The molecule has 0 aromatic heterocycles. The fraction of sp³-hybridized carbons (Fsp3) is 0.632. The largest absolute Gasteiger partial charge is 0.487 e. The Hall–Kier alpha value is -2.61. The molecule has 2 aromatic rings. The molecule has 0 radical (unpaired) electrons. The summed E-state index contributed by atoms with van der Waals surface area (Å²) in [6.07, 6.45) is 5.06. The van der Waals surface area contributed by atoms with Gasteiger partial charge in [0.05, 0.1) is 23.5 Å². The Morgan fingerprint density at radius 1 is 1.09 bits per heavy atom. The van der Waals surface area contributed by atoms with Crippen molar-refractivity contribution in [3.05, 3.63) is 64.7 Å². The first-order chi connectivity index (χ1) is 21.9. The molecule has 2 amide bonds. The molecule has 252 valence electrons. The molecular formula is C38H54ClN3O4. The van der Waals surface area contributed by atoms with Crippen LogP contribution in [-0.2, 0) is 20.7 Å². The highest BCUT2D eigenvalue weighted by atomic mass is 35.5. The first-order valence-electron chi connectivity index (χ1n) is 17.3. The van der Waals surface area contributed by atoms with Crippen LogP contribution in [0.4, 0.5) is 0 Å². The first kappa shape index (κ1) is 34.7. The SMILES string of the molecule is CC(C)CCC1(C(=O)NCCN(C)C)CCN(C(=O)C2C[C@@H]3[C@@H](O[C@@H]2CCc2ccccc2)c2cc(Cl)ccc2OC3(C)C)CC1. The van der Waals surface area contributed by atoms with Gasteiger partial charge in [0.2, 0.25) is 11.8 Å². The number of likely N-dealkylation sites (tertiary alicyclic amines) is 1. The van der Waals surface area contributed by atoms with Crippen LogP contribution in [0.15, 0.2) is 48.5 Å². The van der Waals surface area contributed by atoms with Gasteiger partial charge in [0.25, 0.3) is 0 Å². The van der Waals surface area contributed by atoms with Crippen LogP contribution in [0.1, 0.15) is 83.5 Å². The number of rotatable bonds is 11. The second-order valence-electron chi connectivity index (χ2n) is 15.1. The molecule has 3 aliphatic rings. The van der Waals surface area contributed by atoms with Gasteiger partial charge in [-0.05, 0) is 103 Å². The third-order valence-corrected chi connectivity index (χ3v) is 10.9. The maximum absolute atomic E-state index is 14.5. The van der Waals surface area contributed by atoms with Gasteiger partial charge in [-0.2, -0.15) is 0 Å². The number of carbonyl (C=O) groups excluding carboxylic acids is 2. The lowest BCUT2D eigenvalue weighted by molar-refractivity contribution is -0.186. The second-order valence-corrected chi connectivity index (χ2v) is 15.5. The van der Waals surface area contributed by atoms with E-state index in [2.05, 4.69) is 62.2 Å². The minimum atomic E-state index is -0.507. The van der Waals surface area contributed by atoms with Gasteiger partial charge in [0, 0.05) is 42.7 Å². The van der Waals surface area contributed by atoms with E-state index in [1.165, 1.54) is 5.56 Å². The van der Waals surface area contributed by atoms with E-state index in [-0.39, 0.29) is 35.9 Å². The molecule has 2 fully saturated rings. The van der Waals surface area contributed by atoms with Gasteiger partial charge < -0.3 is 24.6 Å². The summed E-state index contributed by atoms with van der Waals surface area (Å²) in [5.41, 5.74) is 1.27. The van der Waals surface area contributed by atoms with E-state index < -0.39 is 11.0 Å². The molecule has 1 unspecified atom stereocenters. The average molecular weight is 652 g/mol. The van der Waals surface area contributed by atoms with E-state index in [0.29, 0.717) is 49.8 Å². The highest BCUT2D eigenvalue weighted by molar-refractivity contribution is 6.30. The van der Waals surface area contributed by atoms with Crippen LogP contribution in [0.3, 0.4) is 0 Å². The molecule has 0 saturated carbocycles. The molecule has 4 atom stereocenters. The molecule has 0 spiro atoms. The Morgan fingerprint density at radius 3 is 2.48 bits per heavy atom. The van der Waals surface area contributed by atoms with Gasteiger partial charge in [0.15, 0.2) is 0 Å². The summed E-state index contributed by atoms with van der Waals surface area (Å²) in [4.78, 5) is 32.3. The van der Waals surface area contributed by atoms with E-state index in [1.54, 1.807) is 0 Å². The van der Waals surface area contributed by atoms with E-state index in [9.17, 15) is 9.59 Å². The van der Waals surface area contributed by atoms with Gasteiger partial charge in [-0.1, -0.05) is 55.8 Å². The second kappa shape index (κ2) is 14.7. The third-order valence-electron chi connectivity index (χ3n) is 10.6. The summed E-state index contributed by atoms with van der Waals surface area (Å²) >= 11 is 6.46. The van der Waals surface area contributed by atoms with Crippen molar-refractivity contribution < 1.29 is 19.1 Å². The Morgan fingerprint density at radius 2 is 1.80 bits per heavy atom. The summed E-state index contributed by atoms with van der Waals surface area (Å²) in [7, 11) is 4.03. The number of ether oxygens (including phenoxy) is 2. The lowest BCUT2D eigenvalue weighted by Crippen LogP contribution is -2.56. The maximum Gasteiger partial charge on any atom is 0.228 e. The topological polar surface area (TPSA) is 71.1 Å². The number of amides is 2. The smallest absolute Gasteiger partial charge is 0.228 e. The molecule has 8 heteroatoms. The van der Waals surface area contributed by atoms with Gasteiger partial charge in [-0.25, -0.2) is 0 Å². The van der Waals surface area contributed by atoms with Crippen molar-refractivity contribution in [2.24, 2.45) is 23.2 Å². The normalized spacial score (nSPS) is 25.0. The Bertz CT molecular complexity index is 1340. The predicted octanol–water partition coefficient (Wildman–Crippen LogP) is 6.93. The highest BCUT2D eigenvalue weighted by Crippen LogP contribution is 2.53. The zero-order chi connectivity index (χ0) is 33.1. The number of hydrogen-bond donors (Lipinski definition) is 1. The van der Waals surface area contributed by atoms with E-state index >= 15 is 0 Å². The van der Waals surface area contributed by atoms with Crippen molar-refractivity contribution >= 4 is 23.4 Å². The number of likely N-dealkylation sites (N-methyl/N-ethyl adjacent to an activating group) is 1. The molecule has 7 nitrogen and oxygen atoms in total. The summed E-state index contributed by atoms with van der Waals surface area (Å²) in [6.45, 7) is 11.3. The number of fused-ring (bicyclic) bond motifs is 3. The Labute approximate surface area is 281 Å². The fourth-order valence-corrected chi connectivity index (χ4v) is 7.85. The van der Waals surface area contributed by atoms with Crippen LogP contribution in [0.2, 0.25) is 5.02 Å². The highest BCUT2D eigenvalue weighted by Gasteiger charge is 2.53. The van der Waals surface area contributed by atoms with E-state index in [4.69, 9.17) is 21.1 Å². The van der Waals surface area contributed by atoms with Crippen LogP contribution in [0, 0.1) is 23.2 Å². The third kappa shape index (κ3) is 7.91. The van der Waals surface area contributed by atoms with Gasteiger partial charge >= 0.3 is 0 Å². The molecule has 5 rings (SSSR count). The van der Waals surface area contributed by atoms with Crippen molar-refractivity contribution in [3.8, 4) is 5.75 Å². The number of benzene rings is 2. The maximum atomic E-state index is 14.5. The van der Waals surface area contributed by atoms with Gasteiger partial charge in [-0.15, -0.1) is 0 Å². The monoisotopic (exact) mass is 651 g/mol. The van der Waals surface area contributed by atoms with Crippen LogP contribution < -0.4 is 10.1 Å². The lowest BCUT2D eigenvalue weighted by atomic mass is 9.70. The number of aryl methyl sites for hydroxylation is 1. The van der Waals surface area contributed by atoms with Crippen LogP contribution >= 0.6 is 11.6 Å². The van der Waals surface area contributed by atoms with Crippen molar-refractivity contribution in [3.63, 3.8) is 0 Å². The number of carbonyl (C=O) groups is 2. The Balaban J connectivity index is 1.35. The predicted molar refractivity (Wildman–Crippen MR) is 184 cm³/mol. The zero-order valence-corrected chi connectivity index (χ0v) is 29.4. The van der Waals surface area contributed by atoms with Crippen LogP contribution in [-0.4, -0.2) is 73.6 Å². The van der Waals surface area contributed by atoms with E-state index in [0.717, 1.165) is 43.5 Å². The fourth-order valence-electron chi connectivity index (χ4n) is 7.67. The van der Waals surface area contributed by atoms with Crippen molar-refractivity contribution in [1.82, 2.24) is 15.1 Å². The van der Waals surface area contributed by atoms with Crippen molar-refractivity contribution in [2.75, 3.05) is 40.3 Å². The quantitative estimate of drug-likeness (QED) is 0.285. The van der Waals surface area contributed by atoms with Crippen LogP contribution in [0.5, 0.6) is 5.75 Å². The number of piperidine rings is 1. The number of halogens is 1. The standard InChI is InChI=1S/C38H54ClN3O4/c1-26(2)16-17-38(36(44)40-20-23-41(5)6)18-21-42(22-19-38)35(43)30-25-31-34(45-32(30)14-12-27-10-8-7-9-11-27)29-24-28(39)13-15-33(29)46-37(31,3)4/h7-11,13,15,24,26,30-32,34H,12,14,16-23,25H2,1-6H3,(H,40,44)/t30?,31-,32-,34+/m1/s1. The first-order valence-corrected chi connectivity index (χ1v) is 17.7. The summed E-state index contributed by atoms with van der Waals surface area (Å²) in [6, 6.07) is 16.2. The number of nitrogens with one attached hydrogen (secondary N) is 1. The molecule has 1 N–H and O–H groups in total. The minimum Gasteiger partial charge on any atom is -0.487 e. The number of nitrogens with zero attached hydrogens (tertiary/aromatic N) is 2. The average Bonchev–Trinajstić information content (AvgIpc) is 3.03. The number of hydrogen-bond acceptors (Lipinski definition) is 5. The molecule has 3 aliphatic heterocycles. The van der Waals surface area contributed by atoms with Crippen LogP contribution in [0.25, 0.3) is 0 Å². The summed E-state index contributed by atoms with van der Waals surface area (Å²) < 4.78 is 13.5. The molecule has 3 heterocycles. The van der Waals surface area contributed by atoms with E-state index in [1.807, 2.05) is 43.3 Å². The molecule has 2 aromatic carbocycles. The van der Waals surface area contributed by atoms with Gasteiger partial charge in [0.1, 0.15) is 11.4 Å². The van der Waals surface area contributed by atoms with Crippen molar-refractivity contribution in [2.45, 2.75) is 90.4 Å². The molecule has 0 bridgehead atoms. The zero-order valence-electron chi connectivity index (χ0n) is 28.7. The van der Waals surface area contributed by atoms with Crippen molar-refractivity contribution in [1.29, 1.82) is 0 Å². The molecule has 2 saturated heterocycles.